The maximum Gasteiger partial charge on any atom is 0.170 e. The van der Waals surface area contributed by atoms with E-state index in [2.05, 4.69) is 49.2 Å². The van der Waals surface area contributed by atoms with Gasteiger partial charge in [-0.2, -0.15) is 0 Å². The van der Waals surface area contributed by atoms with Gasteiger partial charge in [-0.25, -0.2) is 0 Å². The average molecular weight is 429 g/mol. The number of nitrogens with one attached hydrogen (secondary N) is 2. The summed E-state index contributed by atoms with van der Waals surface area (Å²) in [5, 5.41) is 6.91. The van der Waals surface area contributed by atoms with Crippen molar-refractivity contribution in [3.8, 4) is 0 Å². The molecule has 0 aliphatic heterocycles. The summed E-state index contributed by atoms with van der Waals surface area (Å²) in [5.41, 5.74) is 0.988. The quantitative estimate of drug-likeness (QED) is 0.428. The van der Waals surface area contributed by atoms with Crippen molar-refractivity contribution in [2.45, 2.75) is 6.42 Å². The van der Waals surface area contributed by atoms with Crippen molar-refractivity contribution in [1.82, 2.24) is 5.32 Å². The number of anilines is 1. The van der Waals surface area contributed by atoms with Crippen LogP contribution >= 0.6 is 50.7 Å². The lowest BCUT2D eigenvalue weighted by Gasteiger charge is -2.10. The minimum absolute atomic E-state index is 0.638. The second-order valence-corrected chi connectivity index (χ2v) is 5.78. The number of benzene rings is 1. The van der Waals surface area contributed by atoms with E-state index in [0.29, 0.717) is 5.11 Å². The van der Waals surface area contributed by atoms with E-state index < -0.39 is 0 Å². The Balaban J connectivity index is 2.37. The van der Waals surface area contributed by atoms with E-state index in [-0.39, 0.29) is 0 Å². The van der Waals surface area contributed by atoms with Gasteiger partial charge in [0.25, 0.3) is 0 Å². The SMILES string of the molecule is COCCCNC(=S)Nc1ccc(Br)c(I)c1. The standard InChI is InChI=1S/C11H14BrIN2OS/c1-16-6-2-5-14-11(17)15-8-3-4-9(12)10(13)7-8/h3-4,7H,2,5-6H2,1H3,(H2,14,15,17). The van der Waals surface area contributed by atoms with E-state index in [1.165, 1.54) is 0 Å². The number of methoxy groups -OCH3 is 1. The third kappa shape index (κ3) is 5.98. The van der Waals surface area contributed by atoms with Crippen LogP contribution in [0, 0.1) is 3.57 Å². The molecule has 0 aliphatic carbocycles. The van der Waals surface area contributed by atoms with E-state index in [1.807, 2.05) is 18.2 Å². The summed E-state index contributed by atoms with van der Waals surface area (Å²) in [6.07, 6.45) is 0.941. The third-order valence-electron chi connectivity index (χ3n) is 1.99. The van der Waals surface area contributed by atoms with Crippen LogP contribution in [0.15, 0.2) is 22.7 Å². The van der Waals surface area contributed by atoms with Gasteiger partial charge in [0.1, 0.15) is 0 Å². The lowest BCUT2D eigenvalue weighted by Crippen LogP contribution is -2.29. The predicted octanol–water partition coefficient (Wildman–Crippen LogP) is 3.38. The zero-order chi connectivity index (χ0) is 12.7. The number of thiocarbonyl (C=S) groups is 1. The van der Waals surface area contributed by atoms with Crippen LogP contribution in [-0.2, 0) is 4.74 Å². The fourth-order valence-corrected chi connectivity index (χ4v) is 2.15. The van der Waals surface area contributed by atoms with Gasteiger partial charge in [-0.15, -0.1) is 0 Å². The number of hydrogen-bond acceptors (Lipinski definition) is 2. The second kappa shape index (κ2) is 8.23. The molecule has 0 radical (unpaired) electrons. The van der Waals surface area contributed by atoms with Gasteiger partial charge in [-0.3, -0.25) is 0 Å². The van der Waals surface area contributed by atoms with Gasteiger partial charge in [-0.1, -0.05) is 0 Å². The first-order chi connectivity index (χ1) is 8.13. The van der Waals surface area contributed by atoms with Crippen LogP contribution in [-0.4, -0.2) is 25.4 Å². The Hall–Kier alpha value is 0.0800. The van der Waals surface area contributed by atoms with E-state index in [4.69, 9.17) is 17.0 Å². The Morgan fingerprint density at radius 1 is 1.53 bits per heavy atom. The summed E-state index contributed by atoms with van der Waals surface area (Å²) < 4.78 is 7.19. The lowest BCUT2D eigenvalue weighted by atomic mass is 10.3. The molecule has 0 aliphatic rings. The minimum atomic E-state index is 0.638. The molecule has 0 unspecified atom stereocenters. The van der Waals surface area contributed by atoms with Gasteiger partial charge in [0.05, 0.1) is 0 Å². The number of hydrogen-bond donors (Lipinski definition) is 2. The Morgan fingerprint density at radius 2 is 2.29 bits per heavy atom. The van der Waals surface area contributed by atoms with Gasteiger partial charge in [0, 0.05) is 34.0 Å². The van der Waals surface area contributed by atoms with Gasteiger partial charge in [-0.05, 0) is 75.4 Å². The molecular formula is C11H14BrIN2OS. The number of ether oxygens (including phenoxy) is 1. The first-order valence-electron chi connectivity index (χ1n) is 5.12. The molecule has 3 nitrogen and oxygen atoms in total. The molecule has 6 heteroatoms. The molecule has 0 saturated heterocycles. The first kappa shape index (κ1) is 15.1. The molecule has 0 bridgehead atoms. The van der Waals surface area contributed by atoms with Gasteiger partial charge in [0.15, 0.2) is 5.11 Å². The van der Waals surface area contributed by atoms with Crippen LogP contribution in [0.4, 0.5) is 5.69 Å². The van der Waals surface area contributed by atoms with Crippen molar-refractivity contribution in [2.24, 2.45) is 0 Å². The first-order valence-corrected chi connectivity index (χ1v) is 7.40. The van der Waals surface area contributed by atoms with Gasteiger partial charge in [0.2, 0.25) is 0 Å². The highest BCUT2D eigenvalue weighted by atomic mass is 127. The van der Waals surface area contributed by atoms with Crippen molar-refractivity contribution >= 4 is 61.5 Å². The summed E-state index contributed by atoms with van der Waals surface area (Å²) in [4.78, 5) is 0. The summed E-state index contributed by atoms with van der Waals surface area (Å²) in [5.74, 6) is 0. The number of halogens is 2. The molecule has 0 fully saturated rings. The van der Waals surface area contributed by atoms with Gasteiger partial charge < -0.3 is 15.4 Å². The highest BCUT2D eigenvalue weighted by Gasteiger charge is 2.00. The maximum atomic E-state index is 5.18. The minimum Gasteiger partial charge on any atom is -0.385 e. The zero-order valence-corrected chi connectivity index (χ0v) is 14.0. The lowest BCUT2D eigenvalue weighted by molar-refractivity contribution is 0.196. The van der Waals surface area contributed by atoms with Crippen molar-refractivity contribution in [3.63, 3.8) is 0 Å². The monoisotopic (exact) mass is 428 g/mol. The van der Waals surface area contributed by atoms with Crippen LogP contribution in [0.3, 0.4) is 0 Å². The molecule has 17 heavy (non-hydrogen) atoms. The van der Waals surface area contributed by atoms with Gasteiger partial charge >= 0.3 is 0 Å². The van der Waals surface area contributed by atoms with E-state index in [0.717, 1.165) is 33.3 Å². The Morgan fingerprint density at radius 3 is 2.94 bits per heavy atom. The van der Waals surface area contributed by atoms with Crippen LogP contribution in [0.5, 0.6) is 0 Å². The molecule has 94 valence electrons. The summed E-state index contributed by atoms with van der Waals surface area (Å²) in [6, 6.07) is 6.01. The van der Waals surface area contributed by atoms with Crippen molar-refractivity contribution < 1.29 is 4.74 Å². The molecule has 1 aromatic carbocycles. The average Bonchev–Trinajstić information content (AvgIpc) is 2.30. The number of rotatable bonds is 5. The Bertz CT molecular complexity index is 390. The van der Waals surface area contributed by atoms with E-state index >= 15 is 0 Å². The van der Waals surface area contributed by atoms with Crippen molar-refractivity contribution in [2.75, 3.05) is 25.6 Å². The van der Waals surface area contributed by atoms with E-state index in [9.17, 15) is 0 Å². The fraction of sp³-hybridized carbons (Fsp3) is 0.364. The topological polar surface area (TPSA) is 33.3 Å². The molecule has 1 rings (SSSR count). The molecular weight excluding hydrogens is 415 g/mol. The van der Waals surface area contributed by atoms with E-state index in [1.54, 1.807) is 7.11 Å². The molecule has 0 heterocycles. The molecule has 1 aromatic rings. The molecule has 0 aromatic heterocycles. The third-order valence-corrected chi connectivity index (χ3v) is 4.56. The zero-order valence-electron chi connectivity index (χ0n) is 9.43. The van der Waals surface area contributed by atoms with Crippen molar-refractivity contribution in [1.29, 1.82) is 0 Å². The van der Waals surface area contributed by atoms with Crippen LogP contribution in [0.1, 0.15) is 6.42 Å². The normalized spacial score (nSPS) is 10.1. The molecule has 0 saturated carbocycles. The summed E-state index contributed by atoms with van der Waals surface area (Å²) >= 11 is 10.9. The summed E-state index contributed by atoms with van der Waals surface area (Å²) in [7, 11) is 1.69. The largest absolute Gasteiger partial charge is 0.385 e. The molecule has 0 amide bonds. The van der Waals surface area contributed by atoms with Crippen molar-refractivity contribution in [3.05, 3.63) is 26.2 Å². The molecule has 0 spiro atoms. The fourth-order valence-electron chi connectivity index (χ4n) is 1.17. The van der Waals surface area contributed by atoms with Crippen LogP contribution < -0.4 is 10.6 Å². The Kier molecular flexibility index (Phi) is 7.33. The highest BCUT2D eigenvalue weighted by molar-refractivity contribution is 14.1. The smallest absolute Gasteiger partial charge is 0.170 e. The molecule has 0 atom stereocenters. The maximum absolute atomic E-state index is 5.18. The Labute approximate surface area is 129 Å². The molecule has 2 N–H and O–H groups in total. The summed E-state index contributed by atoms with van der Waals surface area (Å²) in [6.45, 7) is 1.55. The second-order valence-electron chi connectivity index (χ2n) is 3.36. The van der Waals surface area contributed by atoms with Crippen LogP contribution in [0.2, 0.25) is 0 Å². The van der Waals surface area contributed by atoms with Crippen LogP contribution in [0.25, 0.3) is 0 Å². The highest BCUT2D eigenvalue weighted by Crippen LogP contribution is 2.22. The predicted molar refractivity (Wildman–Crippen MR) is 87.6 cm³/mol.